The van der Waals surface area contributed by atoms with Crippen LogP contribution >= 0.6 is 22.9 Å². The number of hydrogen-bond donors (Lipinski definition) is 1. The number of nitrogens with zero attached hydrogens (tertiary/aromatic N) is 1. The third-order valence-electron chi connectivity index (χ3n) is 3.84. The van der Waals surface area contributed by atoms with E-state index in [0.717, 1.165) is 11.6 Å². The molecular formula is C20H16ClFN2O3S. The molecule has 1 unspecified atom stereocenters. The van der Waals surface area contributed by atoms with Gasteiger partial charge in [-0.25, -0.2) is 14.2 Å². The van der Waals surface area contributed by atoms with Crippen LogP contribution in [0.5, 0.6) is 0 Å². The smallest absolute Gasteiger partial charge is 0.351 e. The molecule has 1 N–H and O–H groups in total. The Labute approximate surface area is 170 Å². The van der Waals surface area contributed by atoms with Crippen LogP contribution in [0.4, 0.5) is 10.1 Å². The molecule has 1 heterocycles. The molecule has 0 fully saturated rings. The predicted octanol–water partition coefficient (Wildman–Crippen LogP) is 5.10. The van der Waals surface area contributed by atoms with Crippen LogP contribution in [0.2, 0.25) is 5.02 Å². The molecule has 0 spiro atoms. The van der Waals surface area contributed by atoms with Crippen molar-refractivity contribution in [3.05, 3.63) is 69.9 Å². The number of halogens is 2. The fourth-order valence-corrected chi connectivity index (χ4v) is 3.55. The number of benzene rings is 2. The highest BCUT2D eigenvalue weighted by atomic mass is 35.5. The van der Waals surface area contributed by atoms with Crippen LogP contribution in [0.25, 0.3) is 10.6 Å². The number of aryl methyl sites for hydroxylation is 1. The van der Waals surface area contributed by atoms with Gasteiger partial charge in [-0.2, -0.15) is 0 Å². The van der Waals surface area contributed by atoms with Gasteiger partial charge in [0.1, 0.15) is 15.7 Å². The van der Waals surface area contributed by atoms with Gasteiger partial charge in [-0.15, -0.1) is 11.3 Å². The van der Waals surface area contributed by atoms with Crippen LogP contribution < -0.4 is 5.32 Å². The predicted molar refractivity (Wildman–Crippen MR) is 107 cm³/mol. The number of hydrogen-bond acceptors (Lipinski definition) is 5. The van der Waals surface area contributed by atoms with E-state index >= 15 is 0 Å². The average molecular weight is 419 g/mol. The SMILES string of the molecule is Cc1nc(-c2ccccc2)sc1C(=O)OC(C)C(=O)Nc1ccc(F)cc1Cl. The number of amides is 1. The highest BCUT2D eigenvalue weighted by Gasteiger charge is 2.23. The average Bonchev–Trinajstić information content (AvgIpc) is 3.06. The first kappa shape index (κ1) is 20.0. The quantitative estimate of drug-likeness (QED) is 0.585. The lowest BCUT2D eigenvalue weighted by Crippen LogP contribution is -2.30. The number of rotatable bonds is 5. The highest BCUT2D eigenvalue weighted by Crippen LogP contribution is 2.28. The van der Waals surface area contributed by atoms with Gasteiger partial charge in [-0.3, -0.25) is 4.79 Å². The number of nitrogens with one attached hydrogen (secondary N) is 1. The van der Waals surface area contributed by atoms with E-state index in [4.69, 9.17) is 16.3 Å². The molecule has 5 nitrogen and oxygen atoms in total. The molecule has 1 amide bonds. The molecule has 0 saturated carbocycles. The second kappa shape index (κ2) is 8.50. The molecule has 0 radical (unpaired) electrons. The molecule has 8 heteroatoms. The number of carbonyl (C=O) groups excluding carboxylic acids is 2. The van der Waals surface area contributed by atoms with E-state index in [9.17, 15) is 14.0 Å². The highest BCUT2D eigenvalue weighted by molar-refractivity contribution is 7.17. The monoisotopic (exact) mass is 418 g/mol. The minimum absolute atomic E-state index is 0.0534. The van der Waals surface area contributed by atoms with Crippen molar-refractivity contribution in [3.8, 4) is 10.6 Å². The van der Waals surface area contributed by atoms with Crippen LogP contribution in [0.3, 0.4) is 0 Å². The Hall–Kier alpha value is -2.77. The zero-order chi connectivity index (χ0) is 20.3. The van der Waals surface area contributed by atoms with Crippen molar-refractivity contribution in [3.63, 3.8) is 0 Å². The van der Waals surface area contributed by atoms with Crippen molar-refractivity contribution in [2.45, 2.75) is 20.0 Å². The van der Waals surface area contributed by atoms with E-state index in [2.05, 4.69) is 10.3 Å². The third-order valence-corrected chi connectivity index (χ3v) is 5.34. The van der Waals surface area contributed by atoms with Crippen LogP contribution in [0.15, 0.2) is 48.5 Å². The Kier molecular flexibility index (Phi) is 6.06. The summed E-state index contributed by atoms with van der Waals surface area (Å²) in [5.41, 5.74) is 1.66. The van der Waals surface area contributed by atoms with Crippen molar-refractivity contribution < 1.29 is 18.7 Å². The number of carbonyl (C=O) groups is 2. The van der Waals surface area contributed by atoms with Gasteiger partial charge in [0.2, 0.25) is 0 Å². The maximum Gasteiger partial charge on any atom is 0.351 e. The number of thiazole rings is 1. The topological polar surface area (TPSA) is 68.3 Å². The van der Waals surface area contributed by atoms with E-state index < -0.39 is 23.8 Å². The second-order valence-corrected chi connectivity index (χ2v) is 7.37. The minimum atomic E-state index is -1.07. The fourth-order valence-electron chi connectivity index (χ4n) is 2.38. The molecule has 0 saturated heterocycles. The lowest BCUT2D eigenvalue weighted by molar-refractivity contribution is -0.123. The standard InChI is InChI=1S/C20H16ClFN2O3S/c1-11-17(28-19(23-11)13-6-4-3-5-7-13)20(26)27-12(2)18(25)24-16-9-8-14(22)10-15(16)21/h3-10,12H,1-2H3,(H,24,25). The molecule has 3 aromatic rings. The summed E-state index contributed by atoms with van der Waals surface area (Å²) in [5.74, 6) is -1.73. The Morgan fingerprint density at radius 3 is 2.61 bits per heavy atom. The van der Waals surface area contributed by atoms with E-state index in [1.54, 1.807) is 6.92 Å². The first-order valence-electron chi connectivity index (χ1n) is 8.35. The molecule has 144 valence electrons. The molecule has 3 rings (SSSR count). The van der Waals surface area contributed by atoms with Crippen molar-refractivity contribution in [2.75, 3.05) is 5.32 Å². The van der Waals surface area contributed by atoms with E-state index in [1.165, 1.54) is 30.4 Å². The molecule has 1 aromatic heterocycles. The number of anilines is 1. The summed E-state index contributed by atoms with van der Waals surface area (Å²) in [6.07, 6.45) is -1.07. The van der Waals surface area contributed by atoms with Crippen LogP contribution in [0.1, 0.15) is 22.3 Å². The molecule has 2 aromatic carbocycles. The molecular weight excluding hydrogens is 403 g/mol. The van der Waals surface area contributed by atoms with E-state index in [0.29, 0.717) is 15.6 Å². The van der Waals surface area contributed by atoms with Crippen molar-refractivity contribution >= 4 is 40.5 Å². The van der Waals surface area contributed by atoms with Crippen molar-refractivity contribution in [2.24, 2.45) is 0 Å². The second-order valence-electron chi connectivity index (χ2n) is 5.96. The summed E-state index contributed by atoms with van der Waals surface area (Å²) in [7, 11) is 0. The van der Waals surface area contributed by atoms with Crippen LogP contribution in [-0.2, 0) is 9.53 Å². The summed E-state index contributed by atoms with van der Waals surface area (Å²) in [4.78, 5) is 29.5. The molecule has 0 aliphatic heterocycles. The van der Waals surface area contributed by atoms with Gasteiger partial charge in [0.15, 0.2) is 6.10 Å². The van der Waals surface area contributed by atoms with Gasteiger partial charge in [0.25, 0.3) is 5.91 Å². The van der Waals surface area contributed by atoms with Gasteiger partial charge in [-0.05, 0) is 32.0 Å². The Morgan fingerprint density at radius 2 is 1.93 bits per heavy atom. The van der Waals surface area contributed by atoms with E-state index in [-0.39, 0.29) is 10.7 Å². The van der Waals surface area contributed by atoms with Gasteiger partial charge >= 0.3 is 5.97 Å². The molecule has 0 bridgehead atoms. The minimum Gasteiger partial charge on any atom is -0.448 e. The lowest BCUT2D eigenvalue weighted by atomic mass is 10.2. The first-order valence-corrected chi connectivity index (χ1v) is 9.54. The lowest BCUT2D eigenvalue weighted by Gasteiger charge is -2.14. The van der Waals surface area contributed by atoms with Gasteiger partial charge < -0.3 is 10.1 Å². The molecule has 0 aliphatic rings. The Bertz CT molecular complexity index is 1020. The van der Waals surface area contributed by atoms with Crippen LogP contribution in [-0.4, -0.2) is 23.0 Å². The maximum absolute atomic E-state index is 13.1. The fraction of sp³-hybridized carbons (Fsp3) is 0.150. The normalized spacial score (nSPS) is 11.7. The summed E-state index contributed by atoms with van der Waals surface area (Å²) in [5, 5.41) is 3.26. The summed E-state index contributed by atoms with van der Waals surface area (Å²) in [6, 6.07) is 13.1. The number of aromatic nitrogens is 1. The zero-order valence-electron chi connectivity index (χ0n) is 15.0. The largest absolute Gasteiger partial charge is 0.448 e. The summed E-state index contributed by atoms with van der Waals surface area (Å²) in [6.45, 7) is 3.15. The van der Waals surface area contributed by atoms with Gasteiger partial charge in [0, 0.05) is 5.56 Å². The Morgan fingerprint density at radius 1 is 1.21 bits per heavy atom. The summed E-state index contributed by atoms with van der Waals surface area (Å²) < 4.78 is 18.4. The number of ether oxygens (including phenoxy) is 1. The molecule has 1 atom stereocenters. The van der Waals surface area contributed by atoms with Crippen LogP contribution in [0, 0.1) is 12.7 Å². The molecule has 0 aliphatic carbocycles. The zero-order valence-corrected chi connectivity index (χ0v) is 16.6. The first-order chi connectivity index (χ1) is 13.3. The van der Waals surface area contributed by atoms with Crippen molar-refractivity contribution in [1.82, 2.24) is 4.98 Å². The van der Waals surface area contributed by atoms with Crippen molar-refractivity contribution in [1.29, 1.82) is 0 Å². The van der Waals surface area contributed by atoms with Gasteiger partial charge in [0.05, 0.1) is 16.4 Å². The third kappa shape index (κ3) is 4.55. The molecule has 28 heavy (non-hydrogen) atoms. The maximum atomic E-state index is 13.1. The van der Waals surface area contributed by atoms with E-state index in [1.807, 2.05) is 30.3 Å². The Balaban J connectivity index is 1.68. The van der Waals surface area contributed by atoms with Gasteiger partial charge in [-0.1, -0.05) is 41.9 Å². The number of esters is 1. The summed E-state index contributed by atoms with van der Waals surface area (Å²) >= 11 is 7.09.